The fourth-order valence-electron chi connectivity index (χ4n) is 2.58. The van der Waals surface area contributed by atoms with Crippen LogP contribution in [0.25, 0.3) is 10.9 Å². The molecule has 3 aromatic rings. The molecule has 128 valence electrons. The number of halogens is 2. The number of ether oxygens (including phenoxy) is 1. The Kier molecular flexibility index (Phi) is 4.22. The summed E-state index contributed by atoms with van der Waals surface area (Å²) < 4.78 is 33.9. The third-order valence-electron chi connectivity index (χ3n) is 3.80. The molecule has 0 radical (unpaired) electrons. The predicted molar refractivity (Wildman–Crippen MR) is 89.1 cm³/mol. The van der Waals surface area contributed by atoms with E-state index in [0.29, 0.717) is 16.7 Å². The van der Waals surface area contributed by atoms with Crippen LogP contribution in [0.2, 0.25) is 0 Å². The summed E-state index contributed by atoms with van der Waals surface area (Å²) in [4.78, 5) is 24.4. The molecule has 3 rings (SSSR count). The highest BCUT2D eigenvalue weighted by molar-refractivity contribution is 6.14. The van der Waals surface area contributed by atoms with Gasteiger partial charge in [0.25, 0.3) is 5.91 Å². The highest BCUT2D eigenvalue weighted by Gasteiger charge is 2.20. The van der Waals surface area contributed by atoms with E-state index < -0.39 is 23.2 Å². The summed E-state index contributed by atoms with van der Waals surface area (Å²) in [7, 11) is 1.47. The first-order valence-corrected chi connectivity index (χ1v) is 7.37. The third-order valence-corrected chi connectivity index (χ3v) is 3.80. The quantitative estimate of drug-likeness (QED) is 0.785. The molecule has 7 heteroatoms. The van der Waals surface area contributed by atoms with Crippen molar-refractivity contribution in [1.29, 1.82) is 0 Å². The number of carbonyl (C=O) groups excluding carboxylic acids is 2. The van der Waals surface area contributed by atoms with Gasteiger partial charge in [-0.25, -0.2) is 8.78 Å². The lowest BCUT2D eigenvalue weighted by molar-refractivity contribution is 0.0941. The average Bonchev–Trinajstić information content (AvgIpc) is 2.97. The molecule has 0 aliphatic rings. The smallest absolute Gasteiger partial charge is 0.258 e. The Hall–Kier alpha value is -3.22. The lowest BCUT2D eigenvalue weighted by Gasteiger charge is -2.07. The van der Waals surface area contributed by atoms with Gasteiger partial charge in [0.1, 0.15) is 23.1 Å². The summed E-state index contributed by atoms with van der Waals surface area (Å²) in [6.45, 7) is 1.35. The largest absolute Gasteiger partial charge is 0.497 e. The number of nitrogens with zero attached hydrogens (tertiary/aromatic N) is 1. The number of anilines is 1. The second kappa shape index (κ2) is 6.35. The van der Waals surface area contributed by atoms with Crippen LogP contribution in [-0.4, -0.2) is 23.5 Å². The maximum Gasteiger partial charge on any atom is 0.258 e. The average molecular weight is 344 g/mol. The maximum atomic E-state index is 13.8. The van der Waals surface area contributed by atoms with Crippen molar-refractivity contribution in [3.63, 3.8) is 0 Å². The van der Waals surface area contributed by atoms with Crippen LogP contribution in [0, 0.1) is 11.6 Å². The first-order chi connectivity index (χ1) is 11.9. The Morgan fingerprint density at radius 2 is 1.80 bits per heavy atom. The third kappa shape index (κ3) is 2.96. The van der Waals surface area contributed by atoms with Gasteiger partial charge in [-0.2, -0.15) is 0 Å². The normalized spacial score (nSPS) is 10.7. The zero-order chi connectivity index (χ0) is 18.1. The highest BCUT2D eigenvalue weighted by atomic mass is 19.1. The molecule has 0 unspecified atom stereocenters. The molecule has 5 nitrogen and oxygen atoms in total. The molecule has 1 N–H and O–H groups in total. The molecule has 1 aromatic heterocycles. The summed E-state index contributed by atoms with van der Waals surface area (Å²) in [5.41, 5.74) is 0.0540. The van der Waals surface area contributed by atoms with Crippen molar-refractivity contribution in [2.45, 2.75) is 6.92 Å². The van der Waals surface area contributed by atoms with Gasteiger partial charge in [0, 0.05) is 18.5 Å². The summed E-state index contributed by atoms with van der Waals surface area (Å²) in [5.74, 6) is -2.32. The summed E-state index contributed by atoms with van der Waals surface area (Å²) >= 11 is 0. The van der Waals surface area contributed by atoms with Crippen LogP contribution >= 0.6 is 0 Å². The highest BCUT2D eigenvalue weighted by Crippen LogP contribution is 2.27. The van der Waals surface area contributed by atoms with E-state index in [9.17, 15) is 18.4 Å². The van der Waals surface area contributed by atoms with Gasteiger partial charge in [-0.1, -0.05) is 6.07 Å². The molecule has 0 spiro atoms. The Balaban J connectivity index is 2.11. The zero-order valence-electron chi connectivity index (χ0n) is 13.5. The van der Waals surface area contributed by atoms with Crippen LogP contribution in [-0.2, 0) is 0 Å². The molecule has 1 amide bonds. The van der Waals surface area contributed by atoms with E-state index in [1.54, 1.807) is 18.2 Å². The van der Waals surface area contributed by atoms with Gasteiger partial charge in [-0.05, 0) is 30.3 Å². The van der Waals surface area contributed by atoms with E-state index in [1.165, 1.54) is 30.9 Å². The number of nitrogens with one attached hydrogen (secondary N) is 1. The number of aromatic nitrogens is 1. The first kappa shape index (κ1) is 16.6. The minimum atomic E-state index is -0.888. The molecule has 2 aromatic carbocycles. The Bertz CT molecular complexity index is 975. The van der Waals surface area contributed by atoms with Crippen molar-refractivity contribution in [1.82, 2.24) is 4.57 Å². The van der Waals surface area contributed by atoms with E-state index in [2.05, 4.69) is 5.32 Å². The van der Waals surface area contributed by atoms with Crippen LogP contribution in [0.5, 0.6) is 5.75 Å². The number of hydrogen-bond donors (Lipinski definition) is 1. The lowest BCUT2D eigenvalue weighted by Crippen LogP contribution is -2.14. The van der Waals surface area contributed by atoms with Gasteiger partial charge in [0.2, 0.25) is 5.91 Å². The molecule has 0 aliphatic heterocycles. The number of hydrogen-bond acceptors (Lipinski definition) is 3. The molecular formula is C18H14F2N2O3. The SMILES string of the molecule is COc1ccc2c(c1)c(C(=O)Nc1c(F)cccc1F)cn2C(C)=O. The molecule has 0 atom stereocenters. The molecule has 0 bridgehead atoms. The molecule has 0 saturated heterocycles. The standard InChI is InChI=1S/C18H14F2N2O3/c1-10(23)22-9-13(12-8-11(25-2)6-7-16(12)22)18(24)21-17-14(19)4-3-5-15(17)20/h3-9H,1-2H3,(H,21,24). The lowest BCUT2D eigenvalue weighted by atomic mass is 10.1. The molecule has 0 fully saturated rings. The summed E-state index contributed by atoms with van der Waals surface area (Å²) in [6, 6.07) is 8.16. The zero-order valence-corrected chi connectivity index (χ0v) is 13.5. The van der Waals surface area contributed by atoms with Crippen LogP contribution in [0.4, 0.5) is 14.5 Å². The minimum absolute atomic E-state index is 0.103. The van der Waals surface area contributed by atoms with Crippen molar-refractivity contribution >= 4 is 28.4 Å². The van der Waals surface area contributed by atoms with Crippen molar-refractivity contribution in [3.05, 3.63) is 59.8 Å². The van der Waals surface area contributed by atoms with Crippen LogP contribution in [0.15, 0.2) is 42.6 Å². The van der Waals surface area contributed by atoms with E-state index in [1.807, 2.05) is 0 Å². The number of carbonyl (C=O) groups is 2. The second-order valence-electron chi connectivity index (χ2n) is 5.37. The van der Waals surface area contributed by atoms with Crippen molar-refractivity contribution in [2.24, 2.45) is 0 Å². The predicted octanol–water partition coefficient (Wildman–Crippen LogP) is 3.84. The molecule has 0 saturated carbocycles. The van der Waals surface area contributed by atoms with Gasteiger partial charge in [-0.15, -0.1) is 0 Å². The maximum absolute atomic E-state index is 13.8. The van der Waals surface area contributed by atoms with E-state index in [-0.39, 0.29) is 11.5 Å². The fourth-order valence-corrected chi connectivity index (χ4v) is 2.58. The molecule has 1 heterocycles. The Morgan fingerprint density at radius 1 is 1.12 bits per heavy atom. The fraction of sp³-hybridized carbons (Fsp3) is 0.111. The van der Waals surface area contributed by atoms with Crippen molar-refractivity contribution in [2.75, 3.05) is 12.4 Å². The summed E-state index contributed by atoms with van der Waals surface area (Å²) in [5, 5.41) is 2.66. The van der Waals surface area contributed by atoms with E-state index >= 15 is 0 Å². The summed E-state index contributed by atoms with van der Waals surface area (Å²) in [6.07, 6.45) is 1.33. The van der Waals surface area contributed by atoms with E-state index in [0.717, 1.165) is 12.1 Å². The Labute approximate surface area is 141 Å². The van der Waals surface area contributed by atoms with Crippen LogP contribution < -0.4 is 10.1 Å². The number of rotatable bonds is 3. The van der Waals surface area contributed by atoms with Crippen molar-refractivity contribution < 1.29 is 23.1 Å². The van der Waals surface area contributed by atoms with E-state index in [4.69, 9.17) is 4.74 Å². The number of fused-ring (bicyclic) bond motifs is 1. The van der Waals surface area contributed by atoms with Gasteiger partial charge < -0.3 is 10.1 Å². The Morgan fingerprint density at radius 3 is 2.40 bits per heavy atom. The number of methoxy groups -OCH3 is 1. The topological polar surface area (TPSA) is 60.3 Å². The molecule has 25 heavy (non-hydrogen) atoms. The second-order valence-corrected chi connectivity index (χ2v) is 5.37. The molecule has 0 aliphatic carbocycles. The van der Waals surface area contributed by atoms with Gasteiger partial charge in [0.05, 0.1) is 18.2 Å². The van der Waals surface area contributed by atoms with Gasteiger partial charge in [-0.3, -0.25) is 14.2 Å². The minimum Gasteiger partial charge on any atom is -0.497 e. The number of para-hydroxylation sites is 1. The van der Waals surface area contributed by atoms with Gasteiger partial charge >= 0.3 is 0 Å². The van der Waals surface area contributed by atoms with Crippen LogP contribution in [0.1, 0.15) is 22.1 Å². The van der Waals surface area contributed by atoms with Crippen LogP contribution in [0.3, 0.4) is 0 Å². The number of amides is 1. The first-order valence-electron chi connectivity index (χ1n) is 7.37. The molecular weight excluding hydrogens is 330 g/mol. The number of benzene rings is 2. The monoisotopic (exact) mass is 344 g/mol. The van der Waals surface area contributed by atoms with Gasteiger partial charge in [0.15, 0.2) is 0 Å². The van der Waals surface area contributed by atoms with Crippen molar-refractivity contribution in [3.8, 4) is 5.75 Å².